The van der Waals surface area contributed by atoms with Crippen LogP contribution in [0.4, 0.5) is 0 Å². The fourth-order valence-corrected chi connectivity index (χ4v) is 3.80. The van der Waals surface area contributed by atoms with Crippen LogP contribution in [0.5, 0.6) is 5.75 Å². The number of aryl methyl sites for hydroxylation is 1. The first-order valence-corrected chi connectivity index (χ1v) is 9.33. The molecule has 1 fully saturated rings. The van der Waals surface area contributed by atoms with E-state index >= 15 is 0 Å². The van der Waals surface area contributed by atoms with Crippen molar-refractivity contribution in [1.82, 2.24) is 15.1 Å². The Morgan fingerprint density at radius 1 is 1.37 bits per heavy atom. The lowest BCUT2D eigenvalue weighted by molar-refractivity contribution is 0.0696. The van der Waals surface area contributed by atoms with Crippen molar-refractivity contribution in [1.29, 1.82) is 0 Å². The Morgan fingerprint density at radius 3 is 2.85 bits per heavy atom. The van der Waals surface area contributed by atoms with Gasteiger partial charge in [-0.15, -0.1) is 0 Å². The van der Waals surface area contributed by atoms with E-state index in [1.54, 1.807) is 18.0 Å². The number of ether oxygens (including phenoxy) is 1. The van der Waals surface area contributed by atoms with Crippen LogP contribution < -0.4 is 10.1 Å². The number of rotatable bonds is 8. The zero-order valence-corrected chi connectivity index (χ0v) is 15.8. The predicted octanol–water partition coefficient (Wildman–Crippen LogP) is 2.08. The maximum Gasteiger partial charge on any atom is 0.338 e. The highest BCUT2D eigenvalue weighted by Crippen LogP contribution is 2.28. The molecule has 1 heterocycles. The van der Waals surface area contributed by atoms with E-state index in [0.29, 0.717) is 19.5 Å². The number of aromatic nitrogens is 2. The van der Waals surface area contributed by atoms with Crippen molar-refractivity contribution in [3.05, 3.63) is 47.3 Å². The number of hydrogen-bond donors (Lipinski definition) is 3. The smallest absolute Gasteiger partial charge is 0.338 e. The molecular weight excluding hydrogens is 346 g/mol. The van der Waals surface area contributed by atoms with Crippen LogP contribution in [0.1, 0.15) is 41.3 Å². The fourth-order valence-electron chi connectivity index (χ4n) is 3.80. The Morgan fingerprint density at radius 2 is 2.19 bits per heavy atom. The zero-order chi connectivity index (χ0) is 19.4. The third kappa shape index (κ3) is 4.67. The summed E-state index contributed by atoms with van der Waals surface area (Å²) in [6.45, 7) is 3.44. The van der Waals surface area contributed by atoms with E-state index in [0.717, 1.165) is 18.6 Å². The van der Waals surface area contributed by atoms with Crippen molar-refractivity contribution in [2.24, 2.45) is 5.92 Å². The van der Waals surface area contributed by atoms with Crippen LogP contribution >= 0.6 is 0 Å². The molecule has 3 atom stereocenters. The minimum absolute atomic E-state index is 0.0244. The van der Waals surface area contributed by atoms with E-state index in [4.69, 9.17) is 9.84 Å². The average Bonchev–Trinajstić information content (AvgIpc) is 3.26. The molecule has 1 saturated carbocycles. The third-order valence-electron chi connectivity index (χ3n) is 5.30. The molecule has 3 rings (SSSR count). The van der Waals surface area contributed by atoms with E-state index in [9.17, 15) is 9.90 Å². The predicted molar refractivity (Wildman–Crippen MR) is 101 cm³/mol. The van der Waals surface area contributed by atoms with Crippen molar-refractivity contribution in [2.75, 3.05) is 7.11 Å². The number of aliphatic hydroxyl groups is 1. The normalized spacial score (nSPS) is 22.1. The summed E-state index contributed by atoms with van der Waals surface area (Å²) in [5.41, 5.74) is 2.64. The lowest BCUT2D eigenvalue weighted by atomic mass is 10.0. The van der Waals surface area contributed by atoms with Crippen LogP contribution in [0, 0.1) is 5.92 Å². The summed E-state index contributed by atoms with van der Waals surface area (Å²) >= 11 is 0. The van der Waals surface area contributed by atoms with Crippen molar-refractivity contribution in [2.45, 2.75) is 51.4 Å². The highest BCUT2D eigenvalue weighted by molar-refractivity contribution is 5.86. The minimum atomic E-state index is -0.974. The second-order valence-corrected chi connectivity index (χ2v) is 7.14. The summed E-state index contributed by atoms with van der Waals surface area (Å²) in [5.74, 6) is 0.149. The van der Waals surface area contributed by atoms with Gasteiger partial charge in [0.05, 0.1) is 25.0 Å². The molecule has 0 saturated heterocycles. The van der Waals surface area contributed by atoms with Gasteiger partial charge in [0.2, 0.25) is 0 Å². The van der Waals surface area contributed by atoms with E-state index in [-0.39, 0.29) is 17.5 Å². The van der Waals surface area contributed by atoms with Crippen LogP contribution in [0.15, 0.2) is 30.6 Å². The Labute approximate surface area is 159 Å². The molecule has 7 heteroatoms. The molecule has 2 aromatic rings. The largest absolute Gasteiger partial charge is 0.497 e. The number of nitrogens with one attached hydrogen (secondary N) is 1. The van der Waals surface area contributed by atoms with E-state index in [2.05, 4.69) is 29.5 Å². The van der Waals surface area contributed by atoms with Crippen molar-refractivity contribution < 1.29 is 19.7 Å². The molecule has 27 heavy (non-hydrogen) atoms. The third-order valence-corrected chi connectivity index (χ3v) is 5.30. The van der Waals surface area contributed by atoms with E-state index < -0.39 is 12.1 Å². The van der Waals surface area contributed by atoms with Gasteiger partial charge in [-0.2, -0.15) is 5.10 Å². The van der Waals surface area contributed by atoms with Crippen LogP contribution in [-0.2, 0) is 19.5 Å². The number of hydrogen-bond acceptors (Lipinski definition) is 5. The summed E-state index contributed by atoms with van der Waals surface area (Å²) in [5, 5.41) is 27.0. The number of aromatic carboxylic acids is 1. The quantitative estimate of drug-likeness (QED) is 0.656. The van der Waals surface area contributed by atoms with Gasteiger partial charge in [-0.1, -0.05) is 13.0 Å². The fraction of sp³-hybridized carbons (Fsp3) is 0.500. The minimum Gasteiger partial charge on any atom is -0.497 e. The Balaban J connectivity index is 1.56. The van der Waals surface area contributed by atoms with Gasteiger partial charge in [0.15, 0.2) is 0 Å². The van der Waals surface area contributed by atoms with Gasteiger partial charge in [0.25, 0.3) is 0 Å². The Bertz CT molecular complexity index is 789. The number of carboxylic acids is 1. The topological polar surface area (TPSA) is 96.6 Å². The summed E-state index contributed by atoms with van der Waals surface area (Å²) in [7, 11) is 1.67. The average molecular weight is 373 g/mol. The first-order valence-electron chi connectivity index (χ1n) is 9.33. The highest BCUT2D eigenvalue weighted by atomic mass is 16.5. The SMILES string of the molecule is CCc1cc(OC)ccc1CN[C@@H]1CC(Cn2cc(C(=O)O)cn2)C[C@H]1O. The number of benzene rings is 1. The van der Waals surface area contributed by atoms with E-state index in [1.165, 1.54) is 17.3 Å². The summed E-state index contributed by atoms with van der Waals surface area (Å²) < 4.78 is 6.94. The molecule has 1 aromatic carbocycles. The summed E-state index contributed by atoms with van der Waals surface area (Å²) in [6.07, 6.45) is 4.94. The molecule has 1 aliphatic carbocycles. The second-order valence-electron chi connectivity index (χ2n) is 7.14. The van der Waals surface area contributed by atoms with Gasteiger partial charge in [-0.3, -0.25) is 4.68 Å². The Kier molecular flexibility index (Phi) is 6.13. The maximum atomic E-state index is 11.0. The lowest BCUT2D eigenvalue weighted by Crippen LogP contribution is -2.35. The number of carboxylic acid groups (broad SMARTS) is 1. The molecule has 1 unspecified atom stereocenters. The van der Waals surface area contributed by atoms with Crippen LogP contribution in [0.3, 0.4) is 0 Å². The van der Waals surface area contributed by atoms with Gasteiger partial charge < -0.3 is 20.3 Å². The van der Waals surface area contributed by atoms with Crippen LogP contribution in [0.2, 0.25) is 0 Å². The van der Waals surface area contributed by atoms with Gasteiger partial charge in [-0.25, -0.2) is 4.79 Å². The molecular formula is C20H27N3O4. The van der Waals surface area contributed by atoms with Crippen molar-refractivity contribution in [3.8, 4) is 5.75 Å². The van der Waals surface area contributed by atoms with E-state index in [1.807, 2.05) is 6.07 Å². The first kappa shape index (κ1) is 19.4. The number of nitrogens with zero attached hydrogens (tertiary/aromatic N) is 2. The molecule has 0 bridgehead atoms. The molecule has 1 aliphatic rings. The Hall–Kier alpha value is -2.38. The molecule has 0 amide bonds. The summed E-state index contributed by atoms with van der Waals surface area (Å²) in [4.78, 5) is 11.0. The first-order chi connectivity index (χ1) is 13.0. The van der Waals surface area contributed by atoms with Gasteiger partial charge in [0.1, 0.15) is 5.75 Å². The number of methoxy groups -OCH3 is 1. The van der Waals surface area contributed by atoms with Gasteiger partial charge in [-0.05, 0) is 48.4 Å². The van der Waals surface area contributed by atoms with Gasteiger partial charge in [0, 0.05) is 25.3 Å². The van der Waals surface area contributed by atoms with Crippen molar-refractivity contribution in [3.63, 3.8) is 0 Å². The zero-order valence-electron chi connectivity index (χ0n) is 15.8. The standard InChI is InChI=1S/C20H27N3O4/c1-3-14-8-17(27-2)5-4-15(14)9-21-18-6-13(7-19(18)24)11-23-12-16(10-22-23)20(25)26/h4-5,8,10,12-13,18-19,21,24H,3,6-7,9,11H2,1-2H3,(H,25,26)/t13?,18-,19-/m1/s1. The van der Waals surface area contributed by atoms with Gasteiger partial charge >= 0.3 is 5.97 Å². The second kappa shape index (κ2) is 8.54. The molecule has 7 nitrogen and oxygen atoms in total. The number of carbonyl (C=O) groups is 1. The number of aliphatic hydroxyl groups excluding tert-OH is 1. The molecule has 1 aromatic heterocycles. The molecule has 0 radical (unpaired) electrons. The van der Waals surface area contributed by atoms with Crippen molar-refractivity contribution >= 4 is 5.97 Å². The van der Waals surface area contributed by atoms with Crippen LogP contribution in [0.25, 0.3) is 0 Å². The molecule has 0 spiro atoms. The maximum absolute atomic E-state index is 11.0. The monoisotopic (exact) mass is 373 g/mol. The summed E-state index contributed by atoms with van der Waals surface area (Å²) in [6, 6.07) is 6.11. The molecule has 0 aliphatic heterocycles. The lowest BCUT2D eigenvalue weighted by Gasteiger charge is -2.18. The highest BCUT2D eigenvalue weighted by Gasteiger charge is 2.33. The molecule has 146 valence electrons. The molecule has 3 N–H and O–H groups in total. The van der Waals surface area contributed by atoms with Crippen LogP contribution in [-0.4, -0.2) is 45.2 Å².